The molecule has 0 bridgehead atoms. The van der Waals surface area contributed by atoms with Crippen LogP contribution in [0.3, 0.4) is 0 Å². The van der Waals surface area contributed by atoms with Crippen molar-refractivity contribution in [1.29, 1.82) is 0 Å². The molecule has 25 heavy (non-hydrogen) atoms. The number of carbonyl (C=O) groups is 1. The Bertz CT molecular complexity index is 832. The molecule has 0 atom stereocenters. The van der Waals surface area contributed by atoms with E-state index < -0.39 is 0 Å². The molecular formula is C19H17N3O3. The fourth-order valence-corrected chi connectivity index (χ4v) is 2.28. The summed E-state index contributed by atoms with van der Waals surface area (Å²) >= 11 is 0. The summed E-state index contributed by atoms with van der Waals surface area (Å²) in [6.07, 6.45) is 6.44. The lowest BCUT2D eigenvalue weighted by molar-refractivity contribution is 0.0751. The van der Waals surface area contributed by atoms with Crippen molar-refractivity contribution in [3.8, 4) is 11.8 Å². The maximum Gasteiger partial charge on any atom is 0.321 e. The highest BCUT2D eigenvalue weighted by molar-refractivity contribution is 5.94. The third-order valence-corrected chi connectivity index (χ3v) is 3.40. The molecule has 0 spiro atoms. The fourth-order valence-electron chi connectivity index (χ4n) is 2.28. The van der Waals surface area contributed by atoms with E-state index in [2.05, 4.69) is 16.5 Å². The molecule has 2 heterocycles. The van der Waals surface area contributed by atoms with E-state index >= 15 is 0 Å². The first-order valence-electron chi connectivity index (χ1n) is 7.74. The summed E-state index contributed by atoms with van der Waals surface area (Å²) in [5.74, 6) is 1.06. The molecule has 6 nitrogen and oxygen atoms in total. The number of carbonyl (C=O) groups excluding carboxylic acids is 1. The van der Waals surface area contributed by atoms with Gasteiger partial charge in [0.2, 0.25) is 0 Å². The van der Waals surface area contributed by atoms with Crippen LogP contribution in [0.4, 0.5) is 0 Å². The number of amides is 1. The lowest BCUT2D eigenvalue weighted by atomic mass is 10.2. The molecule has 0 saturated heterocycles. The number of hydrogen-bond acceptors (Lipinski definition) is 5. The van der Waals surface area contributed by atoms with Crippen molar-refractivity contribution in [2.24, 2.45) is 0 Å². The van der Waals surface area contributed by atoms with Crippen molar-refractivity contribution in [2.75, 3.05) is 6.54 Å². The highest BCUT2D eigenvalue weighted by Crippen LogP contribution is 2.20. The first kappa shape index (κ1) is 16.4. The van der Waals surface area contributed by atoms with Crippen LogP contribution in [0.25, 0.3) is 0 Å². The van der Waals surface area contributed by atoms with Gasteiger partial charge in [0.05, 0.1) is 12.8 Å². The number of nitrogens with zero attached hydrogens (tertiary/aromatic N) is 3. The number of furan rings is 1. The van der Waals surface area contributed by atoms with Crippen molar-refractivity contribution in [3.05, 3.63) is 85.1 Å². The SMILES string of the molecule is C=CCN(Cc1ccco1)C(=O)c1cccc(Oc2ncccn2)c1. The predicted molar refractivity (Wildman–Crippen MR) is 92.2 cm³/mol. The van der Waals surface area contributed by atoms with Gasteiger partial charge in [0.15, 0.2) is 0 Å². The molecule has 126 valence electrons. The fraction of sp³-hybridized carbons (Fsp3) is 0.105. The van der Waals surface area contributed by atoms with Gasteiger partial charge in [-0.05, 0) is 36.4 Å². The van der Waals surface area contributed by atoms with E-state index in [0.717, 1.165) is 0 Å². The highest BCUT2D eigenvalue weighted by atomic mass is 16.5. The zero-order chi connectivity index (χ0) is 17.5. The maximum absolute atomic E-state index is 12.8. The Kier molecular flexibility index (Phi) is 5.21. The Labute approximate surface area is 145 Å². The largest absolute Gasteiger partial charge is 0.467 e. The van der Waals surface area contributed by atoms with Crippen molar-refractivity contribution < 1.29 is 13.9 Å². The molecule has 0 N–H and O–H groups in total. The van der Waals surface area contributed by atoms with Gasteiger partial charge in [-0.3, -0.25) is 4.79 Å². The van der Waals surface area contributed by atoms with Crippen LogP contribution in [-0.4, -0.2) is 27.3 Å². The van der Waals surface area contributed by atoms with E-state index in [1.54, 1.807) is 66.0 Å². The number of ether oxygens (including phenoxy) is 1. The normalized spacial score (nSPS) is 10.2. The van der Waals surface area contributed by atoms with Crippen molar-refractivity contribution >= 4 is 5.91 Å². The highest BCUT2D eigenvalue weighted by Gasteiger charge is 2.17. The Hall–Kier alpha value is -3.41. The van der Waals surface area contributed by atoms with E-state index in [-0.39, 0.29) is 11.9 Å². The molecule has 3 rings (SSSR count). The molecule has 2 aromatic heterocycles. The van der Waals surface area contributed by atoms with Gasteiger partial charge in [-0.1, -0.05) is 12.1 Å². The molecule has 3 aromatic rings. The monoisotopic (exact) mass is 335 g/mol. The van der Waals surface area contributed by atoms with Crippen LogP contribution in [0, 0.1) is 0 Å². The molecule has 0 radical (unpaired) electrons. The lowest BCUT2D eigenvalue weighted by Gasteiger charge is -2.20. The average molecular weight is 335 g/mol. The molecule has 0 fully saturated rings. The van der Waals surface area contributed by atoms with E-state index in [4.69, 9.17) is 9.15 Å². The second kappa shape index (κ2) is 7.92. The van der Waals surface area contributed by atoms with Crippen LogP contribution in [0.2, 0.25) is 0 Å². The Morgan fingerprint density at radius 2 is 2.04 bits per heavy atom. The zero-order valence-electron chi connectivity index (χ0n) is 13.5. The van der Waals surface area contributed by atoms with Gasteiger partial charge in [0.25, 0.3) is 5.91 Å². The average Bonchev–Trinajstić information content (AvgIpc) is 3.15. The molecule has 0 unspecified atom stereocenters. The Balaban J connectivity index is 1.77. The summed E-state index contributed by atoms with van der Waals surface area (Å²) in [6, 6.07) is 12.5. The Morgan fingerprint density at radius 3 is 2.76 bits per heavy atom. The van der Waals surface area contributed by atoms with E-state index in [1.165, 1.54) is 0 Å². The number of hydrogen-bond donors (Lipinski definition) is 0. The van der Waals surface area contributed by atoms with E-state index in [0.29, 0.717) is 30.2 Å². The van der Waals surface area contributed by atoms with Crippen molar-refractivity contribution in [3.63, 3.8) is 0 Å². The second-order valence-corrected chi connectivity index (χ2v) is 5.21. The van der Waals surface area contributed by atoms with Gasteiger partial charge < -0.3 is 14.1 Å². The third-order valence-electron chi connectivity index (χ3n) is 3.40. The lowest BCUT2D eigenvalue weighted by Crippen LogP contribution is -2.30. The van der Waals surface area contributed by atoms with Crippen LogP contribution >= 0.6 is 0 Å². The smallest absolute Gasteiger partial charge is 0.321 e. The molecule has 0 aliphatic heterocycles. The first-order valence-corrected chi connectivity index (χ1v) is 7.74. The summed E-state index contributed by atoms with van der Waals surface area (Å²) in [4.78, 5) is 22.5. The van der Waals surface area contributed by atoms with Gasteiger partial charge in [0.1, 0.15) is 11.5 Å². The molecule has 1 amide bonds. The minimum absolute atomic E-state index is 0.143. The molecule has 0 saturated carbocycles. The summed E-state index contributed by atoms with van der Waals surface area (Å²) in [5, 5.41) is 0. The first-order chi connectivity index (χ1) is 12.3. The quantitative estimate of drug-likeness (QED) is 0.616. The van der Waals surface area contributed by atoms with Crippen molar-refractivity contribution in [1.82, 2.24) is 14.9 Å². The minimum atomic E-state index is -0.143. The molecule has 0 aliphatic rings. The number of benzene rings is 1. The molecule has 6 heteroatoms. The summed E-state index contributed by atoms with van der Waals surface area (Å²) in [7, 11) is 0. The van der Waals surface area contributed by atoms with Crippen LogP contribution in [0.1, 0.15) is 16.1 Å². The van der Waals surface area contributed by atoms with Gasteiger partial charge in [-0.2, -0.15) is 0 Å². The van der Waals surface area contributed by atoms with E-state index in [1.807, 2.05) is 6.07 Å². The van der Waals surface area contributed by atoms with Gasteiger partial charge >= 0.3 is 6.01 Å². The summed E-state index contributed by atoms with van der Waals surface area (Å²) in [5.41, 5.74) is 0.502. The van der Waals surface area contributed by atoms with Crippen molar-refractivity contribution in [2.45, 2.75) is 6.54 Å². The van der Waals surface area contributed by atoms with Gasteiger partial charge in [-0.15, -0.1) is 6.58 Å². The van der Waals surface area contributed by atoms with Crippen LogP contribution in [0.15, 0.2) is 78.2 Å². The topological polar surface area (TPSA) is 68.5 Å². The maximum atomic E-state index is 12.8. The summed E-state index contributed by atoms with van der Waals surface area (Å²) in [6.45, 7) is 4.49. The summed E-state index contributed by atoms with van der Waals surface area (Å²) < 4.78 is 10.9. The zero-order valence-corrected chi connectivity index (χ0v) is 13.5. The number of aromatic nitrogens is 2. The van der Waals surface area contributed by atoms with Crippen LogP contribution < -0.4 is 4.74 Å². The van der Waals surface area contributed by atoms with E-state index in [9.17, 15) is 4.79 Å². The van der Waals surface area contributed by atoms with Gasteiger partial charge in [0, 0.05) is 24.5 Å². The number of rotatable bonds is 7. The molecular weight excluding hydrogens is 318 g/mol. The Morgan fingerprint density at radius 1 is 1.20 bits per heavy atom. The molecule has 0 aliphatic carbocycles. The van der Waals surface area contributed by atoms with Crippen LogP contribution in [0.5, 0.6) is 11.8 Å². The minimum Gasteiger partial charge on any atom is -0.467 e. The van der Waals surface area contributed by atoms with Gasteiger partial charge in [-0.25, -0.2) is 9.97 Å². The molecule has 1 aromatic carbocycles. The predicted octanol–water partition coefficient (Wildman–Crippen LogP) is 3.69. The standard InChI is InChI=1S/C19H17N3O3/c1-2-11-22(14-17-8-4-12-24-17)18(23)15-6-3-7-16(13-15)25-19-20-9-5-10-21-19/h2-10,12-13H,1,11,14H2. The second-order valence-electron chi connectivity index (χ2n) is 5.21. The third kappa shape index (κ3) is 4.32. The van der Waals surface area contributed by atoms with Crippen LogP contribution in [-0.2, 0) is 6.54 Å².